The molecule has 1 atom stereocenters. The second kappa shape index (κ2) is 6.02. The van der Waals surface area contributed by atoms with Gasteiger partial charge in [0.2, 0.25) is 5.91 Å². The number of amides is 1. The summed E-state index contributed by atoms with van der Waals surface area (Å²) < 4.78 is 21.6. The van der Waals surface area contributed by atoms with E-state index in [4.69, 9.17) is 0 Å². The summed E-state index contributed by atoms with van der Waals surface area (Å²) in [6.07, 6.45) is 2.99. The van der Waals surface area contributed by atoms with Crippen LogP contribution < -0.4 is 10.6 Å². The normalized spacial score (nSPS) is 21.5. The fourth-order valence-corrected chi connectivity index (χ4v) is 1.90. The molecule has 0 saturated carbocycles. The van der Waals surface area contributed by atoms with Crippen LogP contribution in [0.4, 0.5) is 0 Å². The standard InChI is InChI=1S/C10H20N2O3S.ClH/c1-10(2,16(3,14)15)9(13)12-8-5-4-6-11-7-8;/h8,11H,4-7H2,1-3H3,(H,12,13);1H/t8-;/m0./s1. The van der Waals surface area contributed by atoms with Gasteiger partial charge in [-0.05, 0) is 33.2 Å². The van der Waals surface area contributed by atoms with Gasteiger partial charge in [0.15, 0.2) is 9.84 Å². The van der Waals surface area contributed by atoms with Crippen LogP contribution in [0.5, 0.6) is 0 Å². The molecule has 1 saturated heterocycles. The number of carbonyl (C=O) groups excluding carboxylic acids is 1. The second-order valence-corrected chi connectivity index (χ2v) is 7.36. The molecular formula is C10H21ClN2O3S. The molecule has 1 fully saturated rings. The molecular weight excluding hydrogens is 264 g/mol. The van der Waals surface area contributed by atoms with Crippen molar-refractivity contribution in [3.63, 3.8) is 0 Å². The molecule has 7 heteroatoms. The van der Waals surface area contributed by atoms with Crippen LogP contribution in [0.15, 0.2) is 0 Å². The summed E-state index contributed by atoms with van der Waals surface area (Å²) in [5.74, 6) is -0.413. The average molecular weight is 285 g/mol. The minimum atomic E-state index is -3.38. The smallest absolute Gasteiger partial charge is 0.241 e. The van der Waals surface area contributed by atoms with E-state index in [1.54, 1.807) is 0 Å². The predicted octanol–water partition coefficient (Wildman–Crippen LogP) is 0.0996. The van der Waals surface area contributed by atoms with Crippen LogP contribution in [0.25, 0.3) is 0 Å². The van der Waals surface area contributed by atoms with E-state index in [9.17, 15) is 13.2 Å². The van der Waals surface area contributed by atoms with E-state index in [1.165, 1.54) is 13.8 Å². The van der Waals surface area contributed by atoms with Gasteiger partial charge in [0.05, 0.1) is 0 Å². The Labute approximate surface area is 109 Å². The lowest BCUT2D eigenvalue weighted by molar-refractivity contribution is -0.123. The number of piperidine rings is 1. The van der Waals surface area contributed by atoms with Gasteiger partial charge in [0.25, 0.3) is 0 Å². The number of rotatable bonds is 3. The third-order valence-corrected chi connectivity index (χ3v) is 5.15. The summed E-state index contributed by atoms with van der Waals surface area (Å²) in [5, 5.41) is 5.95. The number of hydrogen-bond donors (Lipinski definition) is 2. The van der Waals surface area contributed by atoms with Gasteiger partial charge in [-0.15, -0.1) is 12.4 Å². The van der Waals surface area contributed by atoms with Gasteiger partial charge in [0, 0.05) is 18.8 Å². The molecule has 0 aromatic carbocycles. The first kappa shape index (κ1) is 16.7. The molecule has 0 spiro atoms. The monoisotopic (exact) mass is 284 g/mol. The zero-order valence-corrected chi connectivity index (χ0v) is 12.1. The van der Waals surface area contributed by atoms with Crippen molar-refractivity contribution in [3.05, 3.63) is 0 Å². The van der Waals surface area contributed by atoms with E-state index in [0.29, 0.717) is 6.54 Å². The van der Waals surface area contributed by atoms with Crippen molar-refractivity contribution in [1.29, 1.82) is 0 Å². The maximum atomic E-state index is 11.9. The summed E-state index contributed by atoms with van der Waals surface area (Å²) in [5.41, 5.74) is 0. The molecule has 102 valence electrons. The fraction of sp³-hybridized carbons (Fsp3) is 0.900. The molecule has 1 amide bonds. The summed E-state index contributed by atoms with van der Waals surface area (Å²) in [6, 6.07) is 0.0438. The van der Waals surface area contributed by atoms with Crippen molar-refractivity contribution < 1.29 is 13.2 Å². The Balaban J connectivity index is 0.00000256. The Bertz CT molecular complexity index is 362. The molecule has 0 aliphatic carbocycles. The minimum absolute atomic E-state index is 0. The van der Waals surface area contributed by atoms with Gasteiger partial charge in [0.1, 0.15) is 4.75 Å². The Hall–Kier alpha value is -0.330. The Morgan fingerprint density at radius 2 is 2.00 bits per heavy atom. The molecule has 0 aromatic heterocycles. The third kappa shape index (κ3) is 4.12. The molecule has 0 aromatic rings. The SMILES string of the molecule is CC(C)(C(=O)N[C@H]1CCCNC1)S(C)(=O)=O.Cl. The first-order chi connectivity index (χ1) is 7.25. The predicted molar refractivity (Wildman–Crippen MR) is 70.2 cm³/mol. The van der Waals surface area contributed by atoms with E-state index in [-0.39, 0.29) is 18.4 Å². The number of hydrogen-bond acceptors (Lipinski definition) is 4. The highest BCUT2D eigenvalue weighted by Gasteiger charge is 2.39. The molecule has 5 nitrogen and oxygen atoms in total. The van der Waals surface area contributed by atoms with Gasteiger partial charge in [-0.3, -0.25) is 4.79 Å². The van der Waals surface area contributed by atoms with Crippen molar-refractivity contribution in [2.75, 3.05) is 19.3 Å². The van der Waals surface area contributed by atoms with Crippen LogP contribution in [-0.2, 0) is 14.6 Å². The van der Waals surface area contributed by atoms with E-state index in [2.05, 4.69) is 10.6 Å². The highest BCUT2D eigenvalue weighted by molar-refractivity contribution is 7.92. The highest BCUT2D eigenvalue weighted by Crippen LogP contribution is 2.16. The Kier molecular flexibility index (Phi) is 5.90. The van der Waals surface area contributed by atoms with E-state index in [0.717, 1.165) is 25.6 Å². The zero-order valence-electron chi connectivity index (χ0n) is 10.4. The van der Waals surface area contributed by atoms with Gasteiger partial charge in [-0.25, -0.2) is 8.42 Å². The number of carbonyl (C=O) groups is 1. The largest absolute Gasteiger partial charge is 0.351 e. The van der Waals surface area contributed by atoms with Crippen LogP contribution in [0.3, 0.4) is 0 Å². The van der Waals surface area contributed by atoms with Crippen LogP contribution >= 0.6 is 12.4 Å². The topological polar surface area (TPSA) is 75.3 Å². The molecule has 0 bridgehead atoms. The Morgan fingerprint density at radius 1 is 1.41 bits per heavy atom. The van der Waals surface area contributed by atoms with Crippen LogP contribution in [0.2, 0.25) is 0 Å². The molecule has 17 heavy (non-hydrogen) atoms. The van der Waals surface area contributed by atoms with Crippen molar-refractivity contribution in [1.82, 2.24) is 10.6 Å². The molecule has 0 radical (unpaired) electrons. The molecule has 0 unspecified atom stereocenters. The lowest BCUT2D eigenvalue weighted by Gasteiger charge is -2.28. The summed E-state index contributed by atoms with van der Waals surface area (Å²) in [4.78, 5) is 11.9. The molecule has 1 rings (SSSR count). The average Bonchev–Trinajstić information content (AvgIpc) is 2.17. The quantitative estimate of drug-likeness (QED) is 0.771. The molecule has 1 aliphatic rings. The summed E-state index contributed by atoms with van der Waals surface area (Å²) in [7, 11) is -3.38. The second-order valence-electron chi connectivity index (χ2n) is 4.80. The summed E-state index contributed by atoms with van der Waals surface area (Å²) in [6.45, 7) is 4.55. The van der Waals surface area contributed by atoms with Crippen LogP contribution in [0, 0.1) is 0 Å². The van der Waals surface area contributed by atoms with Crippen molar-refractivity contribution >= 4 is 28.2 Å². The lowest BCUT2D eigenvalue weighted by atomic mass is 10.1. The van der Waals surface area contributed by atoms with Crippen molar-refractivity contribution in [3.8, 4) is 0 Å². The van der Waals surface area contributed by atoms with Gasteiger partial charge >= 0.3 is 0 Å². The molecule has 1 aliphatic heterocycles. The van der Waals surface area contributed by atoms with Crippen molar-refractivity contribution in [2.24, 2.45) is 0 Å². The summed E-state index contributed by atoms with van der Waals surface area (Å²) >= 11 is 0. The fourth-order valence-electron chi connectivity index (χ4n) is 1.50. The first-order valence-electron chi connectivity index (χ1n) is 5.46. The first-order valence-corrected chi connectivity index (χ1v) is 7.35. The van der Waals surface area contributed by atoms with Gasteiger partial charge in [-0.2, -0.15) is 0 Å². The van der Waals surface area contributed by atoms with E-state index >= 15 is 0 Å². The van der Waals surface area contributed by atoms with E-state index in [1.807, 2.05) is 0 Å². The number of sulfone groups is 1. The highest BCUT2D eigenvalue weighted by atomic mass is 35.5. The van der Waals surface area contributed by atoms with Crippen molar-refractivity contribution in [2.45, 2.75) is 37.5 Å². The van der Waals surface area contributed by atoms with Gasteiger partial charge in [-0.1, -0.05) is 0 Å². The lowest BCUT2D eigenvalue weighted by Crippen LogP contribution is -2.54. The molecule has 1 heterocycles. The number of halogens is 1. The van der Waals surface area contributed by atoms with Crippen LogP contribution in [-0.4, -0.2) is 44.5 Å². The maximum absolute atomic E-state index is 11.9. The third-order valence-electron chi connectivity index (χ3n) is 3.11. The molecule has 2 N–H and O–H groups in total. The maximum Gasteiger partial charge on any atom is 0.241 e. The Morgan fingerprint density at radius 3 is 2.41 bits per heavy atom. The van der Waals surface area contributed by atoms with Crippen LogP contribution in [0.1, 0.15) is 26.7 Å². The minimum Gasteiger partial charge on any atom is -0.351 e. The van der Waals surface area contributed by atoms with E-state index < -0.39 is 20.5 Å². The van der Waals surface area contributed by atoms with Gasteiger partial charge < -0.3 is 10.6 Å². The zero-order chi connectivity index (χ0) is 12.4. The number of nitrogens with one attached hydrogen (secondary N) is 2.